The molecule has 0 saturated carbocycles. The summed E-state index contributed by atoms with van der Waals surface area (Å²) < 4.78 is 0. The molecule has 96 valence electrons. The molecule has 1 fully saturated rings. The van der Waals surface area contributed by atoms with Gasteiger partial charge in [-0.15, -0.1) is 0 Å². The molecule has 0 atom stereocenters. The van der Waals surface area contributed by atoms with Crippen LogP contribution >= 0.6 is 0 Å². The summed E-state index contributed by atoms with van der Waals surface area (Å²) in [5.41, 5.74) is 12.5. The number of nitrogens with zero attached hydrogens (tertiary/aromatic N) is 1. The van der Waals surface area contributed by atoms with Crippen molar-refractivity contribution < 1.29 is 9.59 Å². The van der Waals surface area contributed by atoms with Gasteiger partial charge in [0, 0.05) is 37.4 Å². The van der Waals surface area contributed by atoms with Crippen LogP contribution < -0.4 is 21.7 Å². The average molecular weight is 248 g/mol. The third-order valence-electron chi connectivity index (χ3n) is 2.98. The van der Waals surface area contributed by atoms with Crippen molar-refractivity contribution in [2.24, 2.45) is 5.73 Å². The SMILES string of the molecule is NC(=O)c1cc(N2CCNC(=O)CC2)ccc1N. The highest BCUT2D eigenvalue weighted by Gasteiger charge is 2.15. The second-order valence-electron chi connectivity index (χ2n) is 4.22. The first kappa shape index (κ1) is 12.2. The molecule has 5 N–H and O–H groups in total. The van der Waals surface area contributed by atoms with Crippen molar-refractivity contribution in [1.29, 1.82) is 0 Å². The molecule has 2 amide bonds. The van der Waals surface area contributed by atoms with Crippen LogP contribution in [0, 0.1) is 0 Å². The highest BCUT2D eigenvalue weighted by atomic mass is 16.2. The Hall–Kier alpha value is -2.24. The van der Waals surface area contributed by atoms with Gasteiger partial charge in [0.1, 0.15) is 0 Å². The fourth-order valence-corrected chi connectivity index (χ4v) is 1.98. The molecule has 1 saturated heterocycles. The Balaban J connectivity index is 2.25. The lowest BCUT2D eigenvalue weighted by atomic mass is 10.1. The standard InChI is InChI=1S/C12H16N4O2/c13-10-2-1-8(7-9(10)12(14)18)16-5-3-11(17)15-4-6-16/h1-2,7H,3-6,13H2,(H2,14,18)(H,15,17). The zero-order valence-electron chi connectivity index (χ0n) is 9.98. The van der Waals surface area contributed by atoms with Gasteiger partial charge in [0.2, 0.25) is 5.91 Å². The number of benzene rings is 1. The minimum Gasteiger partial charge on any atom is -0.398 e. The maximum Gasteiger partial charge on any atom is 0.250 e. The van der Waals surface area contributed by atoms with E-state index in [1.807, 2.05) is 11.0 Å². The molecule has 18 heavy (non-hydrogen) atoms. The predicted molar refractivity (Wildman–Crippen MR) is 69.2 cm³/mol. The predicted octanol–water partition coefficient (Wildman–Crippen LogP) is -0.306. The van der Waals surface area contributed by atoms with Gasteiger partial charge >= 0.3 is 0 Å². The summed E-state index contributed by atoms with van der Waals surface area (Å²) >= 11 is 0. The maximum absolute atomic E-state index is 11.3. The topological polar surface area (TPSA) is 101 Å². The Morgan fingerprint density at radius 1 is 1.33 bits per heavy atom. The number of hydrogen-bond donors (Lipinski definition) is 3. The van der Waals surface area contributed by atoms with Gasteiger partial charge in [-0.2, -0.15) is 0 Å². The van der Waals surface area contributed by atoms with Crippen LogP contribution in [0.3, 0.4) is 0 Å². The second-order valence-corrected chi connectivity index (χ2v) is 4.22. The average Bonchev–Trinajstić information content (AvgIpc) is 2.54. The van der Waals surface area contributed by atoms with Crippen LogP contribution in [-0.4, -0.2) is 31.4 Å². The molecule has 6 heteroatoms. The van der Waals surface area contributed by atoms with E-state index in [9.17, 15) is 9.59 Å². The van der Waals surface area contributed by atoms with E-state index in [2.05, 4.69) is 5.32 Å². The lowest BCUT2D eigenvalue weighted by molar-refractivity contribution is -0.120. The van der Waals surface area contributed by atoms with Crippen LogP contribution in [0.5, 0.6) is 0 Å². The van der Waals surface area contributed by atoms with Gasteiger partial charge in [0.25, 0.3) is 5.91 Å². The lowest BCUT2D eigenvalue weighted by Gasteiger charge is -2.22. The van der Waals surface area contributed by atoms with E-state index >= 15 is 0 Å². The molecule has 0 radical (unpaired) electrons. The van der Waals surface area contributed by atoms with Crippen molar-refractivity contribution in [1.82, 2.24) is 5.32 Å². The summed E-state index contributed by atoms with van der Waals surface area (Å²) in [6.45, 7) is 1.91. The summed E-state index contributed by atoms with van der Waals surface area (Å²) in [7, 11) is 0. The summed E-state index contributed by atoms with van der Waals surface area (Å²) in [6.07, 6.45) is 0.441. The van der Waals surface area contributed by atoms with Crippen molar-refractivity contribution in [3.63, 3.8) is 0 Å². The van der Waals surface area contributed by atoms with Gasteiger partial charge in [-0.3, -0.25) is 9.59 Å². The van der Waals surface area contributed by atoms with E-state index in [1.165, 1.54) is 0 Å². The van der Waals surface area contributed by atoms with Crippen LogP contribution in [-0.2, 0) is 4.79 Å². The first-order valence-electron chi connectivity index (χ1n) is 5.79. The fourth-order valence-electron chi connectivity index (χ4n) is 1.98. The highest BCUT2D eigenvalue weighted by molar-refractivity contribution is 5.99. The molecule has 0 aromatic heterocycles. The molecule has 1 aliphatic rings. The van der Waals surface area contributed by atoms with Crippen molar-refractivity contribution in [3.05, 3.63) is 23.8 Å². The monoisotopic (exact) mass is 248 g/mol. The first-order chi connectivity index (χ1) is 8.58. The molecule has 1 heterocycles. The van der Waals surface area contributed by atoms with E-state index in [0.717, 1.165) is 5.69 Å². The van der Waals surface area contributed by atoms with Gasteiger partial charge in [-0.25, -0.2) is 0 Å². The summed E-state index contributed by atoms with van der Waals surface area (Å²) in [6, 6.07) is 5.17. The Bertz CT molecular complexity index is 487. The van der Waals surface area contributed by atoms with Crippen molar-refractivity contribution >= 4 is 23.2 Å². The molecule has 0 unspecified atom stereocenters. The number of carbonyl (C=O) groups is 2. The van der Waals surface area contributed by atoms with Crippen LogP contribution in [0.2, 0.25) is 0 Å². The number of hydrogen-bond acceptors (Lipinski definition) is 4. The van der Waals surface area contributed by atoms with Gasteiger partial charge < -0.3 is 21.7 Å². The van der Waals surface area contributed by atoms with Gasteiger partial charge in [-0.05, 0) is 18.2 Å². The Morgan fingerprint density at radius 3 is 2.83 bits per heavy atom. The number of nitrogens with one attached hydrogen (secondary N) is 1. The molecule has 1 aromatic rings. The molecule has 0 aliphatic carbocycles. The maximum atomic E-state index is 11.3. The zero-order chi connectivity index (χ0) is 13.1. The van der Waals surface area contributed by atoms with E-state index in [-0.39, 0.29) is 5.91 Å². The Kier molecular flexibility index (Phi) is 3.36. The normalized spacial score (nSPS) is 16.0. The minimum atomic E-state index is -0.543. The van der Waals surface area contributed by atoms with Crippen molar-refractivity contribution in [3.8, 4) is 0 Å². The van der Waals surface area contributed by atoms with Gasteiger partial charge in [-0.1, -0.05) is 0 Å². The summed E-state index contributed by atoms with van der Waals surface area (Å²) in [4.78, 5) is 24.5. The van der Waals surface area contributed by atoms with E-state index in [4.69, 9.17) is 11.5 Å². The number of amides is 2. The summed E-state index contributed by atoms with van der Waals surface area (Å²) in [5.74, 6) is -0.499. The molecular weight excluding hydrogens is 232 g/mol. The number of rotatable bonds is 2. The van der Waals surface area contributed by atoms with Gasteiger partial charge in [0.05, 0.1) is 5.56 Å². The largest absolute Gasteiger partial charge is 0.398 e. The van der Waals surface area contributed by atoms with Crippen LogP contribution in [0.1, 0.15) is 16.8 Å². The van der Waals surface area contributed by atoms with Crippen molar-refractivity contribution in [2.75, 3.05) is 30.3 Å². The molecule has 0 spiro atoms. The smallest absolute Gasteiger partial charge is 0.250 e. The van der Waals surface area contributed by atoms with Crippen molar-refractivity contribution in [2.45, 2.75) is 6.42 Å². The van der Waals surface area contributed by atoms with E-state index < -0.39 is 5.91 Å². The molecule has 2 rings (SSSR count). The molecule has 0 bridgehead atoms. The number of carbonyl (C=O) groups excluding carboxylic acids is 2. The number of anilines is 2. The second kappa shape index (κ2) is 4.95. The molecule has 6 nitrogen and oxygen atoms in total. The fraction of sp³-hybridized carbons (Fsp3) is 0.333. The van der Waals surface area contributed by atoms with Crippen LogP contribution in [0.25, 0.3) is 0 Å². The van der Waals surface area contributed by atoms with E-state index in [1.54, 1.807) is 12.1 Å². The third kappa shape index (κ3) is 2.53. The Labute approximate surface area is 105 Å². The first-order valence-corrected chi connectivity index (χ1v) is 5.79. The number of primary amides is 1. The van der Waals surface area contributed by atoms with Crippen LogP contribution in [0.4, 0.5) is 11.4 Å². The quantitative estimate of drug-likeness (QED) is 0.625. The number of nitrogens with two attached hydrogens (primary N) is 2. The number of nitrogen functional groups attached to an aromatic ring is 1. The van der Waals surface area contributed by atoms with Gasteiger partial charge in [0.15, 0.2) is 0 Å². The third-order valence-corrected chi connectivity index (χ3v) is 2.98. The minimum absolute atomic E-state index is 0.0445. The zero-order valence-corrected chi connectivity index (χ0v) is 9.98. The highest BCUT2D eigenvalue weighted by Crippen LogP contribution is 2.21. The molecule has 1 aliphatic heterocycles. The molecule has 1 aromatic carbocycles. The molecular formula is C12H16N4O2. The summed E-state index contributed by atoms with van der Waals surface area (Å²) in [5, 5.41) is 2.80. The van der Waals surface area contributed by atoms with E-state index in [0.29, 0.717) is 37.3 Å². The van der Waals surface area contributed by atoms with Crippen LogP contribution in [0.15, 0.2) is 18.2 Å². The lowest BCUT2D eigenvalue weighted by Crippen LogP contribution is -2.28. The Morgan fingerprint density at radius 2 is 2.11 bits per heavy atom.